The zero-order chi connectivity index (χ0) is 21.6. The lowest BCUT2D eigenvalue weighted by molar-refractivity contribution is -0.122. The van der Waals surface area contributed by atoms with Gasteiger partial charge < -0.3 is 10.1 Å². The summed E-state index contributed by atoms with van der Waals surface area (Å²) < 4.78 is 31.7. The van der Waals surface area contributed by atoms with E-state index < -0.39 is 16.1 Å². The van der Waals surface area contributed by atoms with Crippen LogP contribution < -0.4 is 14.4 Å². The van der Waals surface area contributed by atoms with Crippen molar-refractivity contribution in [2.24, 2.45) is 0 Å². The molecule has 0 spiro atoms. The van der Waals surface area contributed by atoms with Crippen molar-refractivity contribution in [3.05, 3.63) is 58.6 Å². The maximum atomic E-state index is 12.7. The Morgan fingerprint density at radius 3 is 2.52 bits per heavy atom. The molecule has 29 heavy (non-hydrogen) atoms. The van der Waals surface area contributed by atoms with Gasteiger partial charge in [0.25, 0.3) is 0 Å². The molecule has 0 aromatic heterocycles. The predicted molar refractivity (Wildman–Crippen MR) is 117 cm³/mol. The Hall–Kier alpha value is -2.25. The van der Waals surface area contributed by atoms with Crippen molar-refractivity contribution in [1.82, 2.24) is 5.32 Å². The van der Waals surface area contributed by atoms with Gasteiger partial charge in [-0.15, -0.1) is 0 Å². The second kappa shape index (κ2) is 9.98. The lowest BCUT2D eigenvalue weighted by atomic mass is 10.1. The minimum atomic E-state index is -3.69. The van der Waals surface area contributed by atoms with Gasteiger partial charge in [-0.05, 0) is 55.7 Å². The van der Waals surface area contributed by atoms with Crippen LogP contribution in [-0.4, -0.2) is 39.8 Å². The number of carbonyl (C=O) groups excluding carboxylic acids is 1. The van der Waals surface area contributed by atoms with Crippen LogP contribution in [-0.2, 0) is 14.8 Å². The third-order valence-electron chi connectivity index (χ3n) is 4.61. The fourth-order valence-corrected chi connectivity index (χ4v) is 4.40. The van der Waals surface area contributed by atoms with E-state index in [2.05, 4.69) is 5.32 Å². The van der Waals surface area contributed by atoms with E-state index in [0.29, 0.717) is 17.1 Å². The normalized spacial score (nSPS) is 12.3. The first-order chi connectivity index (χ1) is 13.6. The third-order valence-corrected chi connectivity index (χ3v) is 6.02. The molecule has 1 N–H and O–H groups in total. The van der Waals surface area contributed by atoms with Crippen LogP contribution in [0.15, 0.2) is 42.5 Å². The number of anilines is 1. The number of ether oxygens (including phenoxy) is 1. The highest BCUT2D eigenvalue weighted by molar-refractivity contribution is 7.92. The first-order valence-electron chi connectivity index (χ1n) is 9.36. The van der Waals surface area contributed by atoms with Crippen molar-refractivity contribution in [2.75, 3.05) is 23.7 Å². The number of halogens is 1. The summed E-state index contributed by atoms with van der Waals surface area (Å²) in [5.41, 5.74) is 2.53. The lowest BCUT2D eigenvalue weighted by Gasteiger charge is -2.30. The van der Waals surface area contributed by atoms with Gasteiger partial charge in [0, 0.05) is 5.02 Å². The van der Waals surface area contributed by atoms with Crippen LogP contribution >= 0.6 is 11.6 Å². The van der Waals surface area contributed by atoms with Crippen molar-refractivity contribution in [3.63, 3.8) is 0 Å². The molecule has 2 aromatic rings. The third kappa shape index (κ3) is 6.11. The van der Waals surface area contributed by atoms with E-state index in [4.69, 9.17) is 16.3 Å². The fourth-order valence-electron chi connectivity index (χ4n) is 3.01. The molecule has 0 aliphatic carbocycles. The smallest absolute Gasteiger partial charge is 0.244 e. The maximum Gasteiger partial charge on any atom is 0.244 e. The largest absolute Gasteiger partial charge is 0.491 e. The number of sulfonamides is 1. The highest BCUT2D eigenvalue weighted by Gasteiger charge is 2.31. The summed E-state index contributed by atoms with van der Waals surface area (Å²) in [5, 5.41) is 3.17. The Morgan fingerprint density at radius 2 is 1.90 bits per heavy atom. The summed E-state index contributed by atoms with van der Waals surface area (Å²) in [6.45, 7) is 6.29. The van der Waals surface area contributed by atoms with Crippen molar-refractivity contribution in [3.8, 4) is 5.75 Å². The van der Waals surface area contributed by atoms with Crippen LogP contribution in [0.2, 0.25) is 5.02 Å². The van der Waals surface area contributed by atoms with E-state index in [1.165, 1.54) is 6.07 Å². The van der Waals surface area contributed by atoms with Crippen LogP contribution in [0.1, 0.15) is 24.5 Å². The molecular weight excluding hydrogens is 412 g/mol. The molecule has 0 saturated heterocycles. The summed E-state index contributed by atoms with van der Waals surface area (Å²) in [5.74, 6) is 0.380. The molecule has 0 saturated carbocycles. The number of rotatable bonds is 9. The Morgan fingerprint density at radius 1 is 1.21 bits per heavy atom. The van der Waals surface area contributed by atoms with E-state index in [0.717, 1.165) is 27.4 Å². The van der Waals surface area contributed by atoms with Crippen LogP contribution in [0, 0.1) is 13.8 Å². The van der Waals surface area contributed by atoms with Crippen molar-refractivity contribution >= 4 is 33.2 Å². The van der Waals surface area contributed by atoms with Gasteiger partial charge in [0.05, 0.1) is 18.5 Å². The molecule has 0 radical (unpaired) electrons. The predicted octanol–water partition coefficient (Wildman–Crippen LogP) is 3.70. The Bertz CT molecular complexity index is 963. The monoisotopic (exact) mass is 438 g/mol. The van der Waals surface area contributed by atoms with Gasteiger partial charge in [-0.1, -0.05) is 36.7 Å². The van der Waals surface area contributed by atoms with Gasteiger partial charge in [0.2, 0.25) is 15.9 Å². The average molecular weight is 439 g/mol. The Kier molecular flexibility index (Phi) is 7.93. The quantitative estimate of drug-likeness (QED) is 0.606. The molecule has 1 unspecified atom stereocenters. The molecule has 0 bridgehead atoms. The first-order valence-corrected chi connectivity index (χ1v) is 11.6. The van der Waals surface area contributed by atoms with Crippen molar-refractivity contribution in [1.29, 1.82) is 0 Å². The number of amides is 1. The SMILES string of the molecule is CCC(C(=O)NCCOc1cccc(C)c1C)N(c1cccc(Cl)c1)S(C)(=O)=O. The molecule has 6 nitrogen and oxygen atoms in total. The van der Waals surface area contributed by atoms with Crippen LogP contribution in [0.5, 0.6) is 5.75 Å². The zero-order valence-electron chi connectivity index (χ0n) is 17.1. The molecule has 0 heterocycles. The van der Waals surface area contributed by atoms with Crippen molar-refractivity contribution in [2.45, 2.75) is 33.2 Å². The number of carbonyl (C=O) groups is 1. The molecule has 2 rings (SSSR count). The molecule has 0 fully saturated rings. The summed E-state index contributed by atoms with van der Waals surface area (Å²) in [6, 6.07) is 11.4. The molecule has 1 atom stereocenters. The molecule has 2 aromatic carbocycles. The number of aryl methyl sites for hydroxylation is 1. The van der Waals surface area contributed by atoms with Crippen LogP contribution in [0.25, 0.3) is 0 Å². The minimum absolute atomic E-state index is 0.260. The number of benzene rings is 2. The second-order valence-corrected chi connectivity index (χ2v) is 9.10. The second-order valence-electron chi connectivity index (χ2n) is 6.80. The first kappa shape index (κ1) is 23.0. The highest BCUT2D eigenvalue weighted by Crippen LogP contribution is 2.25. The van der Waals surface area contributed by atoms with Crippen LogP contribution in [0.4, 0.5) is 5.69 Å². The summed E-state index contributed by atoms with van der Waals surface area (Å²) in [6.07, 6.45) is 1.39. The summed E-state index contributed by atoms with van der Waals surface area (Å²) in [4.78, 5) is 12.7. The van der Waals surface area contributed by atoms with Crippen LogP contribution in [0.3, 0.4) is 0 Å². The Balaban J connectivity index is 2.06. The topological polar surface area (TPSA) is 75.7 Å². The van der Waals surface area contributed by atoms with Gasteiger partial charge in [0.15, 0.2) is 0 Å². The van der Waals surface area contributed by atoms with Gasteiger partial charge in [0.1, 0.15) is 18.4 Å². The van der Waals surface area contributed by atoms with E-state index in [-0.39, 0.29) is 19.1 Å². The van der Waals surface area contributed by atoms with Gasteiger partial charge >= 0.3 is 0 Å². The van der Waals surface area contributed by atoms with Gasteiger partial charge in [-0.2, -0.15) is 0 Å². The fraction of sp³-hybridized carbons (Fsp3) is 0.381. The molecule has 8 heteroatoms. The molecular formula is C21H27ClN2O4S. The molecule has 158 valence electrons. The van der Waals surface area contributed by atoms with E-state index >= 15 is 0 Å². The van der Waals surface area contributed by atoms with E-state index in [9.17, 15) is 13.2 Å². The van der Waals surface area contributed by atoms with Gasteiger partial charge in [-0.3, -0.25) is 9.10 Å². The minimum Gasteiger partial charge on any atom is -0.491 e. The number of nitrogens with zero attached hydrogens (tertiary/aromatic N) is 1. The lowest BCUT2D eigenvalue weighted by Crippen LogP contribution is -2.50. The molecule has 1 amide bonds. The number of nitrogens with one attached hydrogen (secondary N) is 1. The number of hydrogen-bond donors (Lipinski definition) is 1. The van der Waals surface area contributed by atoms with E-state index in [1.807, 2.05) is 32.0 Å². The zero-order valence-corrected chi connectivity index (χ0v) is 18.7. The maximum absolute atomic E-state index is 12.7. The Labute approximate surface area is 177 Å². The average Bonchev–Trinajstić information content (AvgIpc) is 2.65. The number of hydrogen-bond acceptors (Lipinski definition) is 4. The highest BCUT2D eigenvalue weighted by atomic mass is 35.5. The van der Waals surface area contributed by atoms with Crippen molar-refractivity contribution < 1.29 is 17.9 Å². The van der Waals surface area contributed by atoms with E-state index in [1.54, 1.807) is 25.1 Å². The molecule has 0 aliphatic rings. The standard InChI is InChI=1S/C21H27ClN2O4S/c1-5-19(24(29(4,26)27)18-10-7-9-17(22)14-18)21(25)23-12-13-28-20-11-6-8-15(2)16(20)3/h6-11,14,19H,5,12-13H2,1-4H3,(H,23,25). The summed E-state index contributed by atoms with van der Waals surface area (Å²) >= 11 is 6.01. The summed E-state index contributed by atoms with van der Waals surface area (Å²) in [7, 11) is -3.69. The van der Waals surface area contributed by atoms with Gasteiger partial charge in [-0.25, -0.2) is 8.42 Å². The molecule has 0 aliphatic heterocycles.